The van der Waals surface area contributed by atoms with Crippen molar-refractivity contribution < 1.29 is 27.1 Å². The fraction of sp³-hybridized carbons (Fsp3) is 0.375. The van der Waals surface area contributed by atoms with Crippen molar-refractivity contribution in [1.29, 1.82) is 0 Å². The predicted molar refractivity (Wildman–Crippen MR) is 86.2 cm³/mol. The lowest BCUT2D eigenvalue weighted by atomic mass is 10.2. The number of likely N-dealkylation sites (N-methyl/N-ethyl adjacent to an activating group) is 1. The minimum atomic E-state index is -3.09. The molecule has 0 N–H and O–H groups in total. The van der Waals surface area contributed by atoms with Crippen molar-refractivity contribution in [3.63, 3.8) is 0 Å². The Bertz CT molecular complexity index is 759. The van der Waals surface area contributed by atoms with E-state index in [9.17, 15) is 22.4 Å². The van der Waals surface area contributed by atoms with Crippen LogP contribution in [0.15, 0.2) is 30.3 Å². The van der Waals surface area contributed by atoms with E-state index in [0.717, 1.165) is 6.08 Å². The molecule has 0 spiro atoms. The van der Waals surface area contributed by atoms with Crippen molar-refractivity contribution in [2.24, 2.45) is 0 Å². The summed E-state index contributed by atoms with van der Waals surface area (Å²) in [6.07, 6.45) is 2.86. The summed E-state index contributed by atoms with van der Waals surface area (Å²) in [7, 11) is -1.60. The minimum Gasteiger partial charge on any atom is -0.452 e. The molecule has 0 aliphatic carbocycles. The van der Waals surface area contributed by atoms with E-state index in [1.807, 2.05) is 0 Å². The molecular weight excluding hydrogens is 337 g/mol. The zero-order valence-electron chi connectivity index (χ0n) is 13.1. The number of carbonyl (C=O) groups is 2. The van der Waals surface area contributed by atoms with E-state index in [1.54, 1.807) is 6.07 Å². The quantitative estimate of drug-likeness (QED) is 0.582. The van der Waals surface area contributed by atoms with E-state index in [2.05, 4.69) is 0 Å². The summed E-state index contributed by atoms with van der Waals surface area (Å²) in [4.78, 5) is 24.8. The van der Waals surface area contributed by atoms with Crippen LogP contribution in [0.25, 0.3) is 6.08 Å². The van der Waals surface area contributed by atoms with Gasteiger partial charge in [-0.25, -0.2) is 17.6 Å². The van der Waals surface area contributed by atoms with Gasteiger partial charge >= 0.3 is 5.97 Å². The number of sulfone groups is 1. The van der Waals surface area contributed by atoms with Crippen molar-refractivity contribution in [1.82, 2.24) is 4.90 Å². The summed E-state index contributed by atoms with van der Waals surface area (Å²) >= 11 is 0. The molecule has 0 unspecified atom stereocenters. The fourth-order valence-corrected chi connectivity index (χ4v) is 4.12. The van der Waals surface area contributed by atoms with Crippen molar-refractivity contribution >= 4 is 27.8 Å². The second-order valence-corrected chi connectivity index (χ2v) is 7.79. The topological polar surface area (TPSA) is 80.8 Å². The van der Waals surface area contributed by atoms with Crippen LogP contribution in [0.1, 0.15) is 12.0 Å². The molecule has 130 valence electrons. The molecule has 1 atom stereocenters. The van der Waals surface area contributed by atoms with Gasteiger partial charge in [0.2, 0.25) is 0 Å². The molecule has 0 saturated carbocycles. The predicted octanol–water partition coefficient (Wildman–Crippen LogP) is 1.03. The molecule has 1 aromatic rings. The summed E-state index contributed by atoms with van der Waals surface area (Å²) in [5.74, 6) is -1.63. The first kappa shape index (κ1) is 18.1. The molecule has 1 heterocycles. The third-order valence-corrected chi connectivity index (χ3v) is 5.50. The first-order chi connectivity index (χ1) is 11.3. The first-order valence-electron chi connectivity index (χ1n) is 7.33. The van der Waals surface area contributed by atoms with Crippen LogP contribution in [0, 0.1) is 5.82 Å². The molecule has 8 heteroatoms. The Morgan fingerprint density at radius 1 is 1.42 bits per heavy atom. The van der Waals surface area contributed by atoms with Gasteiger partial charge in [-0.1, -0.05) is 12.1 Å². The minimum absolute atomic E-state index is 0.0610. The van der Waals surface area contributed by atoms with E-state index < -0.39 is 34.1 Å². The number of hydrogen-bond acceptors (Lipinski definition) is 5. The second kappa shape index (κ2) is 7.57. The molecule has 1 amide bonds. The zero-order valence-corrected chi connectivity index (χ0v) is 14.0. The molecule has 1 fully saturated rings. The van der Waals surface area contributed by atoms with Crippen LogP contribution < -0.4 is 0 Å². The fourth-order valence-electron chi connectivity index (χ4n) is 2.34. The molecular formula is C16H18FNO5S. The van der Waals surface area contributed by atoms with E-state index in [4.69, 9.17) is 4.74 Å². The molecule has 0 aromatic heterocycles. The lowest BCUT2D eigenvalue weighted by molar-refractivity contribution is -0.148. The largest absolute Gasteiger partial charge is 0.452 e. The average molecular weight is 355 g/mol. The van der Waals surface area contributed by atoms with Gasteiger partial charge in [0.1, 0.15) is 5.82 Å². The third kappa shape index (κ3) is 5.16. The Labute approximate surface area is 139 Å². The molecule has 0 radical (unpaired) electrons. The molecule has 0 bridgehead atoms. The maximum absolute atomic E-state index is 13.0. The number of nitrogens with zero attached hydrogens (tertiary/aromatic N) is 1. The SMILES string of the molecule is CN(C(=O)COC(=O)/C=C/c1cccc(F)c1)[C@H]1CCS(=O)(=O)C1. The van der Waals surface area contributed by atoms with Crippen LogP contribution >= 0.6 is 0 Å². The lowest BCUT2D eigenvalue weighted by Gasteiger charge is -2.22. The van der Waals surface area contributed by atoms with E-state index in [0.29, 0.717) is 12.0 Å². The normalized spacial score (nSPS) is 19.3. The van der Waals surface area contributed by atoms with Crippen molar-refractivity contribution in [2.45, 2.75) is 12.5 Å². The number of rotatable bonds is 5. The Morgan fingerprint density at radius 2 is 2.17 bits per heavy atom. The van der Waals surface area contributed by atoms with E-state index >= 15 is 0 Å². The van der Waals surface area contributed by atoms with Crippen LogP contribution in [0.3, 0.4) is 0 Å². The monoisotopic (exact) mass is 355 g/mol. The highest BCUT2D eigenvalue weighted by atomic mass is 32.2. The second-order valence-electron chi connectivity index (χ2n) is 5.56. The summed E-state index contributed by atoms with van der Waals surface area (Å²) in [6.45, 7) is -0.473. The maximum atomic E-state index is 13.0. The standard InChI is InChI=1S/C16H18FNO5S/c1-18(14-7-8-24(21,22)11-14)15(19)10-23-16(20)6-5-12-3-2-4-13(17)9-12/h2-6,9,14H,7-8,10-11H2,1H3/b6-5+/t14-/m0/s1. The van der Waals surface area contributed by atoms with Crippen LogP contribution in [-0.4, -0.2) is 56.4 Å². The Morgan fingerprint density at radius 3 is 2.79 bits per heavy atom. The summed E-state index contributed by atoms with van der Waals surface area (Å²) in [5.41, 5.74) is 0.492. The smallest absolute Gasteiger partial charge is 0.331 e. The maximum Gasteiger partial charge on any atom is 0.331 e. The highest BCUT2D eigenvalue weighted by molar-refractivity contribution is 7.91. The number of amides is 1. The highest BCUT2D eigenvalue weighted by Crippen LogP contribution is 2.16. The van der Waals surface area contributed by atoms with Gasteiger partial charge in [0.05, 0.1) is 11.5 Å². The van der Waals surface area contributed by atoms with E-state index in [1.165, 1.54) is 36.2 Å². The van der Waals surface area contributed by atoms with E-state index in [-0.39, 0.29) is 17.5 Å². The molecule has 1 aliphatic heterocycles. The molecule has 1 aliphatic rings. The average Bonchev–Trinajstić information content (AvgIpc) is 2.90. The Kier molecular flexibility index (Phi) is 5.71. The Balaban J connectivity index is 1.82. The lowest BCUT2D eigenvalue weighted by Crippen LogP contribution is -2.40. The molecule has 1 saturated heterocycles. The van der Waals surface area contributed by atoms with Gasteiger partial charge in [-0.05, 0) is 30.2 Å². The van der Waals surface area contributed by atoms with Gasteiger partial charge in [0.15, 0.2) is 16.4 Å². The van der Waals surface area contributed by atoms with Crippen molar-refractivity contribution in [3.8, 4) is 0 Å². The van der Waals surface area contributed by atoms with Crippen LogP contribution in [0.4, 0.5) is 4.39 Å². The molecule has 6 nitrogen and oxygen atoms in total. The first-order valence-corrected chi connectivity index (χ1v) is 9.15. The van der Waals surface area contributed by atoms with Crippen molar-refractivity contribution in [2.75, 3.05) is 25.2 Å². The van der Waals surface area contributed by atoms with Crippen LogP contribution in [0.2, 0.25) is 0 Å². The molecule has 2 rings (SSSR count). The number of hydrogen-bond donors (Lipinski definition) is 0. The van der Waals surface area contributed by atoms with Gasteiger partial charge in [0, 0.05) is 19.2 Å². The number of ether oxygens (including phenoxy) is 1. The number of halogens is 1. The number of benzene rings is 1. The number of carbonyl (C=O) groups excluding carboxylic acids is 2. The summed E-state index contributed by atoms with van der Waals surface area (Å²) < 4.78 is 40.7. The number of esters is 1. The van der Waals surface area contributed by atoms with Crippen LogP contribution in [-0.2, 0) is 24.2 Å². The zero-order chi connectivity index (χ0) is 17.7. The van der Waals surface area contributed by atoms with Crippen LogP contribution in [0.5, 0.6) is 0 Å². The third-order valence-electron chi connectivity index (χ3n) is 3.75. The molecule has 1 aromatic carbocycles. The van der Waals surface area contributed by atoms with Gasteiger partial charge < -0.3 is 9.64 Å². The Hall–Kier alpha value is -2.22. The van der Waals surface area contributed by atoms with Gasteiger partial charge in [0.25, 0.3) is 5.91 Å². The van der Waals surface area contributed by atoms with Gasteiger partial charge in [-0.3, -0.25) is 4.79 Å². The van der Waals surface area contributed by atoms with Crippen molar-refractivity contribution in [3.05, 3.63) is 41.7 Å². The summed E-state index contributed by atoms with van der Waals surface area (Å²) in [6, 6.07) is 5.28. The highest BCUT2D eigenvalue weighted by Gasteiger charge is 2.32. The molecule has 24 heavy (non-hydrogen) atoms. The van der Waals surface area contributed by atoms with Gasteiger partial charge in [-0.2, -0.15) is 0 Å². The van der Waals surface area contributed by atoms with Gasteiger partial charge in [-0.15, -0.1) is 0 Å². The summed E-state index contributed by atoms with van der Waals surface area (Å²) in [5, 5.41) is 0.